The Bertz CT molecular complexity index is 514. The van der Waals surface area contributed by atoms with Crippen molar-refractivity contribution in [3.05, 3.63) is 47.0 Å². The van der Waals surface area contributed by atoms with Crippen LogP contribution < -0.4 is 10.9 Å². The number of amides is 2. The van der Waals surface area contributed by atoms with Crippen LogP contribution in [0, 0.1) is 5.92 Å². The van der Waals surface area contributed by atoms with Crippen molar-refractivity contribution in [3.63, 3.8) is 0 Å². The summed E-state index contributed by atoms with van der Waals surface area (Å²) < 4.78 is 0. The maximum Gasteiger partial charge on any atom is 0.269 e. The molecule has 1 aliphatic carbocycles. The Morgan fingerprint density at radius 1 is 1.32 bits per heavy atom. The maximum atomic E-state index is 11.7. The van der Waals surface area contributed by atoms with E-state index in [9.17, 15) is 9.59 Å². The molecule has 0 spiro atoms. The van der Waals surface area contributed by atoms with E-state index in [-0.39, 0.29) is 17.7 Å². The van der Waals surface area contributed by atoms with Crippen LogP contribution in [0.4, 0.5) is 0 Å². The summed E-state index contributed by atoms with van der Waals surface area (Å²) in [6.07, 6.45) is 6.52. The lowest BCUT2D eigenvalue weighted by Crippen LogP contribution is -2.42. The number of rotatable bonds is 3. The molecule has 19 heavy (non-hydrogen) atoms. The van der Waals surface area contributed by atoms with Crippen molar-refractivity contribution in [2.45, 2.75) is 19.3 Å². The van der Waals surface area contributed by atoms with Crippen LogP contribution in [-0.4, -0.2) is 11.8 Å². The third-order valence-electron chi connectivity index (χ3n) is 2.96. The van der Waals surface area contributed by atoms with Gasteiger partial charge in [0.25, 0.3) is 5.91 Å². The number of carbonyl (C=O) groups is 2. The first-order chi connectivity index (χ1) is 9.15. The molecule has 0 saturated carbocycles. The summed E-state index contributed by atoms with van der Waals surface area (Å²) in [5, 5.41) is 0.482. The normalized spacial score (nSPS) is 17.2. The van der Waals surface area contributed by atoms with Gasteiger partial charge in [0.15, 0.2) is 0 Å². The van der Waals surface area contributed by atoms with Crippen molar-refractivity contribution in [3.8, 4) is 0 Å². The molecule has 0 bridgehead atoms. The van der Waals surface area contributed by atoms with Crippen LogP contribution in [0.1, 0.15) is 29.6 Å². The van der Waals surface area contributed by atoms with Gasteiger partial charge in [-0.05, 0) is 37.0 Å². The SMILES string of the molecule is O=C(C[C@H]1C=CCC1)NNC(=O)c1cccc(Cl)c1. The molecule has 2 amide bonds. The molecule has 100 valence electrons. The molecule has 0 heterocycles. The highest BCUT2D eigenvalue weighted by Crippen LogP contribution is 2.19. The van der Waals surface area contributed by atoms with Gasteiger partial charge >= 0.3 is 0 Å². The third kappa shape index (κ3) is 4.10. The van der Waals surface area contributed by atoms with Gasteiger partial charge < -0.3 is 0 Å². The van der Waals surface area contributed by atoms with Crippen LogP contribution in [0.5, 0.6) is 0 Å². The fraction of sp³-hybridized carbons (Fsp3) is 0.286. The lowest BCUT2D eigenvalue weighted by Gasteiger charge is -2.10. The van der Waals surface area contributed by atoms with Crippen molar-refractivity contribution in [1.29, 1.82) is 0 Å². The molecular weight excluding hydrogens is 264 g/mol. The third-order valence-corrected chi connectivity index (χ3v) is 3.20. The molecule has 4 nitrogen and oxygen atoms in total. The van der Waals surface area contributed by atoms with Gasteiger partial charge in [0.05, 0.1) is 0 Å². The molecule has 1 atom stereocenters. The molecule has 0 fully saturated rings. The van der Waals surface area contributed by atoms with Crippen molar-refractivity contribution in [2.75, 3.05) is 0 Å². The second-order valence-electron chi connectivity index (χ2n) is 4.48. The highest BCUT2D eigenvalue weighted by Gasteiger charge is 2.14. The molecule has 1 aromatic carbocycles. The van der Waals surface area contributed by atoms with Crippen molar-refractivity contribution in [1.82, 2.24) is 10.9 Å². The average molecular weight is 279 g/mol. The summed E-state index contributed by atoms with van der Waals surface area (Å²) in [6.45, 7) is 0. The largest absolute Gasteiger partial charge is 0.273 e. The van der Waals surface area contributed by atoms with Crippen LogP contribution in [0.2, 0.25) is 5.02 Å². The first-order valence-corrected chi connectivity index (χ1v) is 6.54. The van der Waals surface area contributed by atoms with Gasteiger partial charge in [-0.25, -0.2) is 0 Å². The predicted octanol–water partition coefficient (Wildman–Crippen LogP) is 2.46. The van der Waals surface area contributed by atoms with Crippen molar-refractivity contribution in [2.24, 2.45) is 5.92 Å². The zero-order valence-corrected chi connectivity index (χ0v) is 11.1. The van der Waals surface area contributed by atoms with Crippen LogP contribution in [0.3, 0.4) is 0 Å². The highest BCUT2D eigenvalue weighted by molar-refractivity contribution is 6.30. The fourth-order valence-corrected chi connectivity index (χ4v) is 2.17. The van der Waals surface area contributed by atoms with E-state index >= 15 is 0 Å². The summed E-state index contributed by atoms with van der Waals surface area (Å²) in [7, 11) is 0. The topological polar surface area (TPSA) is 58.2 Å². The Labute approximate surface area is 116 Å². The van der Waals surface area contributed by atoms with E-state index in [4.69, 9.17) is 11.6 Å². The van der Waals surface area contributed by atoms with Crippen LogP contribution in [0.25, 0.3) is 0 Å². The second-order valence-corrected chi connectivity index (χ2v) is 4.92. The average Bonchev–Trinajstić information content (AvgIpc) is 2.88. The molecule has 0 aromatic heterocycles. The standard InChI is InChI=1S/C14H15ClN2O2/c15-12-7-3-6-11(9-12)14(19)17-16-13(18)8-10-4-1-2-5-10/h1,3-4,6-7,9-10H,2,5,8H2,(H,16,18)(H,17,19)/t10-/m0/s1. The van der Waals surface area contributed by atoms with Gasteiger partial charge in [0.2, 0.25) is 5.91 Å². The van der Waals surface area contributed by atoms with Crippen LogP contribution in [-0.2, 0) is 4.79 Å². The molecule has 0 saturated heterocycles. The number of halogens is 1. The number of nitrogens with one attached hydrogen (secondary N) is 2. The van der Waals surface area contributed by atoms with E-state index in [1.165, 1.54) is 0 Å². The summed E-state index contributed by atoms with van der Waals surface area (Å²) in [5.41, 5.74) is 5.20. The molecular formula is C14H15ClN2O2. The maximum absolute atomic E-state index is 11.7. The van der Waals surface area contributed by atoms with E-state index in [1.54, 1.807) is 24.3 Å². The number of hydrazine groups is 1. The Balaban J connectivity index is 1.80. The van der Waals surface area contributed by atoms with Gasteiger partial charge in [-0.3, -0.25) is 20.4 Å². The van der Waals surface area contributed by atoms with Gasteiger partial charge in [-0.1, -0.05) is 29.8 Å². The van der Waals surface area contributed by atoms with Gasteiger partial charge in [0, 0.05) is 17.0 Å². The molecule has 0 aliphatic heterocycles. The fourth-order valence-electron chi connectivity index (χ4n) is 1.98. The summed E-state index contributed by atoms with van der Waals surface area (Å²) in [5.74, 6) is -0.284. The van der Waals surface area contributed by atoms with E-state index in [0.29, 0.717) is 17.0 Å². The van der Waals surface area contributed by atoms with Crippen LogP contribution >= 0.6 is 11.6 Å². The minimum absolute atomic E-state index is 0.188. The first kappa shape index (κ1) is 13.6. The minimum atomic E-state index is -0.377. The number of carbonyl (C=O) groups excluding carboxylic acids is 2. The molecule has 5 heteroatoms. The summed E-state index contributed by atoms with van der Waals surface area (Å²) >= 11 is 5.79. The van der Waals surface area contributed by atoms with E-state index in [2.05, 4.69) is 16.9 Å². The van der Waals surface area contributed by atoms with Gasteiger partial charge in [-0.2, -0.15) is 0 Å². The minimum Gasteiger partial charge on any atom is -0.273 e. The monoisotopic (exact) mass is 278 g/mol. The second kappa shape index (κ2) is 6.38. The van der Waals surface area contributed by atoms with Gasteiger partial charge in [0.1, 0.15) is 0 Å². The molecule has 2 rings (SSSR count). The van der Waals surface area contributed by atoms with Crippen molar-refractivity contribution >= 4 is 23.4 Å². The smallest absolute Gasteiger partial charge is 0.269 e. The zero-order valence-electron chi connectivity index (χ0n) is 10.4. The Morgan fingerprint density at radius 3 is 2.84 bits per heavy atom. The molecule has 0 unspecified atom stereocenters. The van der Waals surface area contributed by atoms with E-state index in [1.807, 2.05) is 6.08 Å². The van der Waals surface area contributed by atoms with Crippen LogP contribution in [0.15, 0.2) is 36.4 Å². The van der Waals surface area contributed by atoms with Gasteiger partial charge in [-0.15, -0.1) is 0 Å². The number of hydrogen-bond donors (Lipinski definition) is 2. The number of benzene rings is 1. The molecule has 2 N–H and O–H groups in total. The number of hydrogen-bond acceptors (Lipinski definition) is 2. The molecule has 1 aliphatic rings. The Kier molecular flexibility index (Phi) is 4.58. The van der Waals surface area contributed by atoms with E-state index in [0.717, 1.165) is 12.8 Å². The molecule has 0 radical (unpaired) electrons. The zero-order chi connectivity index (χ0) is 13.7. The van der Waals surface area contributed by atoms with Crippen molar-refractivity contribution < 1.29 is 9.59 Å². The first-order valence-electron chi connectivity index (χ1n) is 6.16. The Hall–Kier alpha value is -1.81. The Morgan fingerprint density at radius 2 is 2.16 bits per heavy atom. The molecule has 1 aromatic rings. The quantitative estimate of drug-likeness (QED) is 0.659. The highest BCUT2D eigenvalue weighted by atomic mass is 35.5. The number of allylic oxidation sites excluding steroid dienone is 2. The summed E-state index contributed by atoms with van der Waals surface area (Å²) in [4.78, 5) is 23.4. The van der Waals surface area contributed by atoms with E-state index < -0.39 is 0 Å². The summed E-state index contributed by atoms with van der Waals surface area (Å²) in [6, 6.07) is 6.54. The predicted molar refractivity (Wildman–Crippen MR) is 73.5 cm³/mol. The lowest BCUT2D eigenvalue weighted by molar-refractivity contribution is -0.122. The lowest BCUT2D eigenvalue weighted by atomic mass is 10.1.